The Morgan fingerprint density at radius 2 is 1.71 bits per heavy atom. The summed E-state index contributed by atoms with van der Waals surface area (Å²) < 4.78 is 52.7. The molecule has 0 saturated carbocycles. The van der Waals surface area contributed by atoms with Gasteiger partial charge in [-0.1, -0.05) is 18.2 Å². The second-order valence-electron chi connectivity index (χ2n) is 4.50. The first-order chi connectivity index (χ1) is 9.71. The van der Waals surface area contributed by atoms with Crippen LogP contribution in [0.2, 0.25) is 0 Å². The molecule has 1 N–H and O–H groups in total. The third kappa shape index (κ3) is 2.89. The van der Waals surface area contributed by atoms with E-state index < -0.39 is 23.5 Å². The van der Waals surface area contributed by atoms with Crippen LogP contribution in [0.5, 0.6) is 0 Å². The van der Waals surface area contributed by atoms with Gasteiger partial charge in [0.15, 0.2) is 0 Å². The highest BCUT2D eigenvalue weighted by Gasteiger charge is 2.34. The second kappa shape index (κ2) is 5.20. The zero-order valence-corrected chi connectivity index (χ0v) is 10.8. The van der Waals surface area contributed by atoms with Crippen molar-refractivity contribution in [1.29, 1.82) is 0 Å². The molecule has 21 heavy (non-hydrogen) atoms. The van der Waals surface area contributed by atoms with Crippen LogP contribution in [0.1, 0.15) is 21.5 Å². The number of carboxylic acid groups (broad SMARTS) is 1. The van der Waals surface area contributed by atoms with Crippen LogP contribution in [0.25, 0.3) is 11.1 Å². The molecule has 110 valence electrons. The van der Waals surface area contributed by atoms with Crippen molar-refractivity contribution >= 4 is 5.97 Å². The summed E-state index contributed by atoms with van der Waals surface area (Å²) >= 11 is 0. The quantitative estimate of drug-likeness (QED) is 0.828. The lowest BCUT2D eigenvalue weighted by Gasteiger charge is -2.15. The Hall–Kier alpha value is -2.37. The van der Waals surface area contributed by atoms with Crippen molar-refractivity contribution in [2.75, 3.05) is 0 Å². The molecule has 0 amide bonds. The summed E-state index contributed by atoms with van der Waals surface area (Å²) in [5.41, 5.74) is -1.97. The third-order valence-electron chi connectivity index (χ3n) is 3.05. The normalized spacial score (nSPS) is 11.5. The van der Waals surface area contributed by atoms with E-state index in [-0.39, 0.29) is 22.3 Å². The fourth-order valence-electron chi connectivity index (χ4n) is 2.05. The first-order valence-corrected chi connectivity index (χ1v) is 5.92. The molecule has 0 unspecified atom stereocenters. The van der Waals surface area contributed by atoms with Crippen molar-refractivity contribution < 1.29 is 27.5 Å². The van der Waals surface area contributed by atoms with Gasteiger partial charge in [-0.05, 0) is 41.8 Å². The number of carbonyl (C=O) groups is 1. The summed E-state index contributed by atoms with van der Waals surface area (Å²) in [5, 5.41) is 9.13. The number of aromatic carboxylic acids is 1. The van der Waals surface area contributed by atoms with Crippen LogP contribution in [-0.2, 0) is 6.18 Å². The van der Waals surface area contributed by atoms with Crippen molar-refractivity contribution in [1.82, 2.24) is 0 Å². The molecular formula is C15H10F4O2. The molecular weight excluding hydrogens is 288 g/mol. The monoisotopic (exact) mass is 298 g/mol. The molecule has 0 fully saturated rings. The van der Waals surface area contributed by atoms with Crippen molar-refractivity contribution in [2.24, 2.45) is 0 Å². The highest BCUT2D eigenvalue weighted by atomic mass is 19.4. The van der Waals surface area contributed by atoms with E-state index in [0.717, 1.165) is 24.3 Å². The van der Waals surface area contributed by atoms with E-state index in [1.807, 2.05) is 0 Å². The molecule has 2 aromatic rings. The number of benzene rings is 2. The Balaban J connectivity index is 2.79. The Kier molecular flexibility index (Phi) is 3.72. The summed E-state index contributed by atoms with van der Waals surface area (Å²) in [6, 6.07) is 6.34. The zero-order chi connectivity index (χ0) is 15.8. The van der Waals surface area contributed by atoms with Crippen molar-refractivity contribution in [2.45, 2.75) is 13.1 Å². The van der Waals surface area contributed by atoms with E-state index in [2.05, 4.69) is 0 Å². The number of hydrogen-bond acceptors (Lipinski definition) is 1. The number of alkyl halides is 3. The van der Waals surface area contributed by atoms with Crippen molar-refractivity contribution in [3.05, 3.63) is 58.9 Å². The van der Waals surface area contributed by atoms with Crippen LogP contribution < -0.4 is 0 Å². The van der Waals surface area contributed by atoms with Crippen LogP contribution in [0.15, 0.2) is 36.4 Å². The van der Waals surface area contributed by atoms with Crippen LogP contribution in [-0.4, -0.2) is 11.1 Å². The lowest BCUT2D eigenvalue weighted by Crippen LogP contribution is -2.09. The maximum atomic E-state index is 13.7. The van der Waals surface area contributed by atoms with Crippen molar-refractivity contribution in [3.8, 4) is 11.1 Å². The summed E-state index contributed by atoms with van der Waals surface area (Å²) in [5.74, 6) is -2.17. The Morgan fingerprint density at radius 3 is 2.29 bits per heavy atom. The first kappa shape index (κ1) is 15.0. The van der Waals surface area contributed by atoms with E-state index in [1.165, 1.54) is 19.1 Å². The molecule has 0 aliphatic heterocycles. The van der Waals surface area contributed by atoms with Gasteiger partial charge in [-0.3, -0.25) is 0 Å². The van der Waals surface area contributed by atoms with Gasteiger partial charge in [0.1, 0.15) is 5.82 Å². The van der Waals surface area contributed by atoms with Gasteiger partial charge in [0.05, 0.1) is 11.1 Å². The number of rotatable bonds is 2. The van der Waals surface area contributed by atoms with Gasteiger partial charge in [-0.25, -0.2) is 9.18 Å². The van der Waals surface area contributed by atoms with Gasteiger partial charge in [-0.15, -0.1) is 0 Å². The predicted molar refractivity (Wildman–Crippen MR) is 68.5 cm³/mol. The van der Waals surface area contributed by atoms with Gasteiger partial charge in [-0.2, -0.15) is 13.2 Å². The van der Waals surface area contributed by atoms with Crippen molar-refractivity contribution in [3.63, 3.8) is 0 Å². The maximum absolute atomic E-state index is 13.7. The molecule has 2 aromatic carbocycles. The number of aryl methyl sites for hydroxylation is 1. The number of hydrogen-bond donors (Lipinski definition) is 1. The average Bonchev–Trinajstić information content (AvgIpc) is 2.40. The largest absolute Gasteiger partial charge is 0.478 e. The first-order valence-electron chi connectivity index (χ1n) is 5.92. The molecule has 0 heterocycles. The molecule has 0 aliphatic carbocycles. The average molecular weight is 298 g/mol. The predicted octanol–water partition coefficient (Wildman–Crippen LogP) is 4.52. The van der Waals surface area contributed by atoms with Gasteiger partial charge in [0.2, 0.25) is 0 Å². The minimum absolute atomic E-state index is 0.0561. The van der Waals surface area contributed by atoms with E-state index >= 15 is 0 Å². The Labute approximate surface area is 117 Å². The van der Waals surface area contributed by atoms with Crippen LogP contribution >= 0.6 is 0 Å². The molecule has 2 nitrogen and oxygen atoms in total. The molecule has 0 radical (unpaired) electrons. The second-order valence-corrected chi connectivity index (χ2v) is 4.50. The highest BCUT2D eigenvalue weighted by Crippen LogP contribution is 2.38. The molecule has 0 saturated heterocycles. The van der Waals surface area contributed by atoms with Crippen LogP contribution in [0, 0.1) is 12.7 Å². The maximum Gasteiger partial charge on any atom is 0.417 e. The summed E-state index contributed by atoms with van der Waals surface area (Å²) in [4.78, 5) is 11.2. The topological polar surface area (TPSA) is 37.3 Å². The zero-order valence-electron chi connectivity index (χ0n) is 10.8. The third-order valence-corrected chi connectivity index (χ3v) is 3.05. The standard InChI is InChI=1S/C15H10F4O2/c1-8-6-11(14(20)21)10(7-13(8)16)9-4-2-3-5-12(9)15(17,18)19/h2-7H,1H3,(H,20,21). The van der Waals surface area contributed by atoms with Gasteiger partial charge in [0.25, 0.3) is 0 Å². The molecule has 2 rings (SSSR count). The van der Waals surface area contributed by atoms with E-state index in [0.29, 0.717) is 0 Å². The minimum atomic E-state index is -4.66. The molecule has 0 bridgehead atoms. The lowest BCUT2D eigenvalue weighted by atomic mass is 9.93. The summed E-state index contributed by atoms with van der Waals surface area (Å²) in [6.07, 6.45) is -4.66. The summed E-state index contributed by atoms with van der Waals surface area (Å²) in [6.45, 7) is 1.35. The fourth-order valence-corrected chi connectivity index (χ4v) is 2.05. The highest BCUT2D eigenvalue weighted by molar-refractivity contribution is 5.96. The van der Waals surface area contributed by atoms with E-state index in [9.17, 15) is 22.4 Å². The SMILES string of the molecule is Cc1cc(C(=O)O)c(-c2ccccc2C(F)(F)F)cc1F. The van der Waals surface area contributed by atoms with E-state index in [4.69, 9.17) is 5.11 Å². The smallest absolute Gasteiger partial charge is 0.417 e. The van der Waals surface area contributed by atoms with E-state index in [1.54, 1.807) is 0 Å². The number of carboxylic acids is 1. The minimum Gasteiger partial charge on any atom is -0.478 e. The summed E-state index contributed by atoms with van der Waals surface area (Å²) in [7, 11) is 0. The van der Waals surface area contributed by atoms with Crippen LogP contribution in [0.3, 0.4) is 0 Å². The van der Waals surface area contributed by atoms with Gasteiger partial charge >= 0.3 is 12.1 Å². The lowest BCUT2D eigenvalue weighted by molar-refractivity contribution is -0.137. The van der Waals surface area contributed by atoms with Crippen LogP contribution in [0.4, 0.5) is 17.6 Å². The van der Waals surface area contributed by atoms with Gasteiger partial charge in [0, 0.05) is 0 Å². The Morgan fingerprint density at radius 1 is 1.10 bits per heavy atom. The molecule has 6 heteroatoms. The molecule has 0 aromatic heterocycles. The molecule has 0 spiro atoms. The fraction of sp³-hybridized carbons (Fsp3) is 0.133. The van der Waals surface area contributed by atoms with Gasteiger partial charge < -0.3 is 5.11 Å². The Bertz CT molecular complexity index is 705. The molecule has 0 aliphatic rings. The molecule has 0 atom stereocenters. The number of halogens is 4.